The fraction of sp³-hybridized carbons (Fsp3) is 0.238. The average molecular weight is 323 g/mol. The Morgan fingerprint density at radius 3 is 1.42 bits per heavy atom. The first kappa shape index (κ1) is 18.1. The van der Waals surface area contributed by atoms with E-state index in [0.29, 0.717) is 13.1 Å². The van der Waals surface area contributed by atoms with Gasteiger partial charge in [0.2, 0.25) is 0 Å². The fourth-order valence-corrected chi connectivity index (χ4v) is 2.59. The molecular weight excluding hydrogens is 298 g/mol. The molecule has 0 bridgehead atoms. The molecule has 0 aliphatic heterocycles. The van der Waals surface area contributed by atoms with Crippen LogP contribution in [0, 0.1) is 0 Å². The van der Waals surface area contributed by atoms with Crippen molar-refractivity contribution in [3.8, 4) is 0 Å². The van der Waals surface area contributed by atoms with E-state index >= 15 is 0 Å². The molecule has 0 aromatic heterocycles. The van der Waals surface area contributed by atoms with E-state index in [9.17, 15) is 10.2 Å². The summed E-state index contributed by atoms with van der Waals surface area (Å²) in [5, 5.41) is 19.2. The number of aliphatic hydroxyl groups excluding tert-OH is 2. The van der Waals surface area contributed by atoms with Gasteiger partial charge in [-0.05, 0) is 22.3 Å². The molecule has 0 atom stereocenters. The summed E-state index contributed by atoms with van der Waals surface area (Å²) < 4.78 is 0. The highest BCUT2D eigenvalue weighted by atomic mass is 16.3. The maximum absolute atomic E-state index is 9.59. The van der Waals surface area contributed by atoms with Gasteiger partial charge in [-0.15, -0.1) is 0 Å². The van der Waals surface area contributed by atoms with Gasteiger partial charge < -0.3 is 10.2 Å². The fourth-order valence-electron chi connectivity index (χ4n) is 2.59. The van der Waals surface area contributed by atoms with Crippen LogP contribution in [0.15, 0.2) is 61.7 Å². The third-order valence-electron chi connectivity index (χ3n) is 4.14. The molecule has 0 aliphatic rings. The van der Waals surface area contributed by atoms with Crippen LogP contribution in [0.3, 0.4) is 0 Å². The molecule has 0 spiro atoms. The molecular formula is C21H25NO2. The lowest BCUT2D eigenvalue weighted by Crippen LogP contribution is -2.39. The van der Waals surface area contributed by atoms with Crippen LogP contribution in [0.2, 0.25) is 0 Å². The second-order valence-corrected chi connectivity index (χ2v) is 5.82. The van der Waals surface area contributed by atoms with E-state index in [4.69, 9.17) is 0 Å². The summed E-state index contributed by atoms with van der Waals surface area (Å²) in [4.78, 5) is 2.09. The van der Waals surface area contributed by atoms with Gasteiger partial charge in [-0.3, -0.25) is 4.90 Å². The highest BCUT2D eigenvalue weighted by Crippen LogP contribution is 2.15. The van der Waals surface area contributed by atoms with Gasteiger partial charge in [-0.2, -0.15) is 0 Å². The summed E-state index contributed by atoms with van der Waals surface area (Å²) in [5.74, 6) is 0. The molecule has 0 saturated heterocycles. The Hall–Kier alpha value is -2.20. The highest BCUT2D eigenvalue weighted by Gasteiger charge is 2.17. The molecule has 126 valence electrons. The number of hydrogen-bond donors (Lipinski definition) is 2. The van der Waals surface area contributed by atoms with Crippen LogP contribution in [-0.4, -0.2) is 34.4 Å². The molecule has 24 heavy (non-hydrogen) atoms. The zero-order valence-electron chi connectivity index (χ0n) is 13.9. The summed E-state index contributed by atoms with van der Waals surface area (Å²) in [6, 6.07) is 16.0. The first-order valence-electron chi connectivity index (χ1n) is 8.08. The van der Waals surface area contributed by atoms with Gasteiger partial charge in [0.05, 0.1) is 19.3 Å². The molecule has 2 aromatic rings. The summed E-state index contributed by atoms with van der Waals surface area (Å²) in [7, 11) is 0. The minimum absolute atomic E-state index is 0.0774. The molecule has 0 radical (unpaired) electrons. The summed E-state index contributed by atoms with van der Waals surface area (Å²) in [6.07, 6.45) is 3.62. The minimum Gasteiger partial charge on any atom is -0.395 e. The van der Waals surface area contributed by atoms with Gasteiger partial charge in [0, 0.05) is 13.1 Å². The number of hydrogen-bond acceptors (Lipinski definition) is 3. The molecule has 3 heteroatoms. The molecule has 2 N–H and O–H groups in total. The van der Waals surface area contributed by atoms with Crippen LogP contribution in [0.1, 0.15) is 22.3 Å². The van der Waals surface area contributed by atoms with Crippen LogP contribution < -0.4 is 0 Å². The van der Waals surface area contributed by atoms with E-state index in [1.807, 2.05) is 36.4 Å². The summed E-state index contributed by atoms with van der Waals surface area (Å²) in [5.41, 5.74) is 4.42. The topological polar surface area (TPSA) is 43.7 Å². The summed E-state index contributed by atoms with van der Waals surface area (Å²) in [6.45, 7) is 8.69. The van der Waals surface area contributed by atoms with Crippen LogP contribution in [0.5, 0.6) is 0 Å². The molecule has 0 heterocycles. The van der Waals surface area contributed by atoms with Crippen molar-refractivity contribution in [1.29, 1.82) is 0 Å². The first-order valence-corrected chi connectivity index (χ1v) is 8.08. The lowest BCUT2D eigenvalue weighted by molar-refractivity contribution is 0.0633. The molecule has 0 unspecified atom stereocenters. The molecule has 2 rings (SSSR count). The Balaban J connectivity index is 2.16. The lowest BCUT2D eigenvalue weighted by Gasteiger charge is -2.29. The van der Waals surface area contributed by atoms with Crippen LogP contribution in [0.4, 0.5) is 0 Å². The predicted octanol–water partition coefficient (Wildman–Crippen LogP) is 3.33. The van der Waals surface area contributed by atoms with E-state index < -0.39 is 0 Å². The number of rotatable bonds is 9. The maximum Gasteiger partial charge on any atom is 0.0609 e. The molecule has 0 aliphatic carbocycles. The van der Waals surface area contributed by atoms with Gasteiger partial charge in [0.25, 0.3) is 0 Å². The third-order valence-corrected chi connectivity index (χ3v) is 4.14. The van der Waals surface area contributed by atoms with Crippen molar-refractivity contribution in [2.24, 2.45) is 0 Å². The van der Waals surface area contributed by atoms with E-state index in [-0.39, 0.29) is 19.3 Å². The third kappa shape index (κ3) is 4.90. The molecule has 0 fully saturated rings. The summed E-state index contributed by atoms with van der Waals surface area (Å²) >= 11 is 0. The average Bonchev–Trinajstić information content (AvgIpc) is 2.64. The maximum atomic E-state index is 9.59. The Bertz CT molecular complexity index is 589. The zero-order valence-corrected chi connectivity index (χ0v) is 13.9. The Labute approximate surface area is 144 Å². The van der Waals surface area contributed by atoms with Gasteiger partial charge in [0.15, 0.2) is 0 Å². The highest BCUT2D eigenvalue weighted by molar-refractivity contribution is 5.47. The van der Waals surface area contributed by atoms with Crippen molar-refractivity contribution >= 4 is 12.2 Å². The van der Waals surface area contributed by atoms with Crippen molar-refractivity contribution in [2.75, 3.05) is 13.2 Å². The molecule has 0 saturated carbocycles. The Morgan fingerprint density at radius 2 is 1.12 bits per heavy atom. The van der Waals surface area contributed by atoms with Crippen molar-refractivity contribution < 1.29 is 10.2 Å². The van der Waals surface area contributed by atoms with Gasteiger partial charge in [0.1, 0.15) is 0 Å². The quantitative estimate of drug-likeness (QED) is 0.744. The number of benzene rings is 2. The minimum atomic E-state index is -0.289. The normalized spacial score (nSPS) is 11.0. The first-order chi connectivity index (χ1) is 11.7. The predicted molar refractivity (Wildman–Crippen MR) is 100 cm³/mol. The van der Waals surface area contributed by atoms with Crippen LogP contribution in [-0.2, 0) is 13.1 Å². The van der Waals surface area contributed by atoms with E-state index in [2.05, 4.69) is 42.3 Å². The molecule has 3 nitrogen and oxygen atoms in total. The zero-order chi connectivity index (χ0) is 17.4. The van der Waals surface area contributed by atoms with Crippen molar-refractivity contribution in [3.05, 3.63) is 83.9 Å². The standard InChI is InChI=1S/C21H25NO2/c1-3-17-5-9-19(10-6-17)13-22(21(15-23)16-24)14-20-11-7-18(4-2)8-12-20/h3-12,21,23-24H,1-2,13-16H2. The van der Waals surface area contributed by atoms with Crippen molar-refractivity contribution in [3.63, 3.8) is 0 Å². The van der Waals surface area contributed by atoms with Crippen LogP contribution >= 0.6 is 0 Å². The number of aliphatic hydroxyl groups is 2. The smallest absolute Gasteiger partial charge is 0.0609 e. The Morgan fingerprint density at radius 1 is 0.750 bits per heavy atom. The molecule has 0 amide bonds. The van der Waals surface area contributed by atoms with Crippen molar-refractivity contribution in [2.45, 2.75) is 19.1 Å². The number of nitrogens with zero attached hydrogens (tertiary/aromatic N) is 1. The second kappa shape index (κ2) is 9.18. The van der Waals surface area contributed by atoms with Crippen LogP contribution in [0.25, 0.3) is 12.2 Å². The Kier molecular flexibility index (Phi) is 6.94. The van der Waals surface area contributed by atoms with E-state index in [1.54, 1.807) is 0 Å². The molecule has 2 aromatic carbocycles. The van der Waals surface area contributed by atoms with Gasteiger partial charge in [-0.1, -0.05) is 73.8 Å². The second-order valence-electron chi connectivity index (χ2n) is 5.82. The van der Waals surface area contributed by atoms with Gasteiger partial charge >= 0.3 is 0 Å². The van der Waals surface area contributed by atoms with Crippen molar-refractivity contribution in [1.82, 2.24) is 4.90 Å². The SMILES string of the molecule is C=Cc1ccc(CN(Cc2ccc(C=C)cc2)C(CO)CO)cc1. The van der Waals surface area contributed by atoms with E-state index in [1.165, 1.54) is 0 Å². The monoisotopic (exact) mass is 323 g/mol. The largest absolute Gasteiger partial charge is 0.395 e. The van der Waals surface area contributed by atoms with Gasteiger partial charge in [-0.25, -0.2) is 0 Å². The van der Waals surface area contributed by atoms with E-state index in [0.717, 1.165) is 22.3 Å². The lowest BCUT2D eigenvalue weighted by atomic mass is 10.1.